The average Bonchev–Trinajstić information content (AvgIpc) is 3.14. The van der Waals surface area contributed by atoms with Crippen molar-refractivity contribution in [1.29, 1.82) is 0 Å². The topological polar surface area (TPSA) is 194 Å². The molecule has 0 radical (unpaired) electrons. The van der Waals surface area contributed by atoms with E-state index >= 15 is 0 Å². The Labute approximate surface area is 186 Å². The number of amides is 2. The maximum absolute atomic E-state index is 12.3. The number of carbonyl (C=O) groups excluding carboxylic acids is 2. The van der Waals surface area contributed by atoms with E-state index in [1.54, 1.807) is 0 Å². The molecule has 0 atom stereocenters. The third-order valence-corrected chi connectivity index (χ3v) is 5.01. The van der Waals surface area contributed by atoms with Crippen molar-refractivity contribution in [3.8, 4) is 0 Å². The van der Waals surface area contributed by atoms with Crippen LogP contribution < -0.4 is 11.1 Å². The lowest BCUT2D eigenvalue weighted by molar-refractivity contribution is -0.141. The van der Waals surface area contributed by atoms with E-state index in [9.17, 15) is 24.0 Å². The lowest BCUT2D eigenvalue weighted by Crippen LogP contribution is -2.47. The van der Waals surface area contributed by atoms with Crippen molar-refractivity contribution in [2.45, 2.75) is 31.7 Å². The van der Waals surface area contributed by atoms with Crippen molar-refractivity contribution >= 4 is 29.7 Å². The highest BCUT2D eigenvalue weighted by molar-refractivity contribution is 5.79. The maximum atomic E-state index is 12.3. The number of rotatable bonds is 17. The molecule has 1 aliphatic carbocycles. The number of carbonyl (C=O) groups is 5. The van der Waals surface area contributed by atoms with Gasteiger partial charge in [-0.3, -0.25) is 38.7 Å². The number of carboxylic acid groups (broad SMARTS) is 3. The zero-order valence-electron chi connectivity index (χ0n) is 18.1. The van der Waals surface area contributed by atoms with E-state index in [0.29, 0.717) is 0 Å². The van der Waals surface area contributed by atoms with Crippen LogP contribution in [0.2, 0.25) is 0 Å². The number of nitrogens with zero attached hydrogens (tertiary/aromatic N) is 3. The van der Waals surface area contributed by atoms with Gasteiger partial charge in [-0.1, -0.05) is 12.8 Å². The van der Waals surface area contributed by atoms with Gasteiger partial charge >= 0.3 is 17.9 Å². The van der Waals surface area contributed by atoms with Crippen LogP contribution in [0, 0.1) is 0 Å². The highest BCUT2D eigenvalue weighted by Gasteiger charge is 2.21. The Hall–Kier alpha value is -2.77. The van der Waals surface area contributed by atoms with Crippen molar-refractivity contribution in [2.24, 2.45) is 5.73 Å². The third kappa shape index (κ3) is 12.8. The first-order chi connectivity index (χ1) is 15.0. The second kappa shape index (κ2) is 14.3. The summed E-state index contributed by atoms with van der Waals surface area (Å²) >= 11 is 0. The molecule has 2 amide bonds. The minimum atomic E-state index is -1.16. The molecule has 1 fully saturated rings. The van der Waals surface area contributed by atoms with Crippen LogP contribution in [0.4, 0.5) is 0 Å². The molecule has 182 valence electrons. The van der Waals surface area contributed by atoms with E-state index in [2.05, 4.69) is 5.32 Å². The van der Waals surface area contributed by atoms with Gasteiger partial charge in [-0.05, 0) is 12.8 Å². The first-order valence-electron chi connectivity index (χ1n) is 10.4. The Balaban J connectivity index is 2.66. The largest absolute Gasteiger partial charge is 0.480 e. The summed E-state index contributed by atoms with van der Waals surface area (Å²) in [6.07, 6.45) is 3.88. The molecule has 1 saturated carbocycles. The van der Waals surface area contributed by atoms with Gasteiger partial charge in [-0.2, -0.15) is 0 Å². The number of hydrogen-bond acceptors (Lipinski definition) is 8. The summed E-state index contributed by atoms with van der Waals surface area (Å²) in [7, 11) is 0. The smallest absolute Gasteiger partial charge is 0.317 e. The fraction of sp³-hybridized carbons (Fsp3) is 0.737. The van der Waals surface area contributed by atoms with Crippen LogP contribution in [0.1, 0.15) is 25.7 Å². The van der Waals surface area contributed by atoms with Crippen LogP contribution >= 0.6 is 0 Å². The lowest BCUT2D eigenvalue weighted by atomic mass is 10.2. The Morgan fingerprint density at radius 1 is 0.688 bits per heavy atom. The van der Waals surface area contributed by atoms with Gasteiger partial charge in [0, 0.05) is 32.2 Å². The molecule has 0 bridgehead atoms. The normalized spacial score (nSPS) is 14.2. The predicted octanol–water partition coefficient (Wildman–Crippen LogP) is -2.31. The van der Waals surface area contributed by atoms with E-state index in [-0.39, 0.29) is 64.3 Å². The summed E-state index contributed by atoms with van der Waals surface area (Å²) in [6, 6.07) is 0.100. The minimum Gasteiger partial charge on any atom is -0.480 e. The standard InChI is InChI=1S/C19H33N5O8/c20-15(25)9-23(12-18(29)30)7-5-22(11-17(27)28)6-8-24(13-19(31)32)10-16(26)21-14-3-1-2-4-14/h14H,1-13H2,(H2,20,25)(H,21,26)(H,27,28)(H,29,30)(H,31,32). The van der Waals surface area contributed by atoms with Crippen molar-refractivity contribution in [3.05, 3.63) is 0 Å². The Morgan fingerprint density at radius 3 is 1.53 bits per heavy atom. The van der Waals surface area contributed by atoms with Crippen molar-refractivity contribution in [1.82, 2.24) is 20.0 Å². The molecule has 0 saturated heterocycles. The first kappa shape index (κ1) is 27.3. The SMILES string of the molecule is NC(=O)CN(CCN(CCN(CC(=O)O)CC(=O)NC1CCCC1)CC(=O)O)CC(=O)O. The minimum absolute atomic E-state index is 0.0730. The van der Waals surface area contributed by atoms with Gasteiger partial charge in [0.2, 0.25) is 11.8 Å². The van der Waals surface area contributed by atoms with Crippen molar-refractivity contribution < 1.29 is 39.3 Å². The highest BCUT2D eigenvalue weighted by Crippen LogP contribution is 2.17. The number of primary amides is 1. The fourth-order valence-electron chi connectivity index (χ4n) is 3.60. The summed E-state index contributed by atoms with van der Waals surface area (Å²) in [6.45, 7) is -1.17. The van der Waals surface area contributed by atoms with Crippen LogP contribution in [0.15, 0.2) is 0 Å². The lowest BCUT2D eigenvalue weighted by Gasteiger charge is -2.28. The zero-order valence-corrected chi connectivity index (χ0v) is 18.1. The van der Waals surface area contributed by atoms with Crippen LogP contribution in [0.25, 0.3) is 0 Å². The molecule has 0 unspecified atom stereocenters. The van der Waals surface area contributed by atoms with Gasteiger partial charge in [0.25, 0.3) is 0 Å². The summed E-state index contributed by atoms with van der Waals surface area (Å²) in [4.78, 5) is 61.0. The van der Waals surface area contributed by atoms with Gasteiger partial charge in [0.05, 0.1) is 32.7 Å². The molecule has 0 spiro atoms. The average molecular weight is 460 g/mol. The van der Waals surface area contributed by atoms with Crippen LogP contribution in [0.3, 0.4) is 0 Å². The zero-order chi connectivity index (χ0) is 24.1. The van der Waals surface area contributed by atoms with Gasteiger partial charge in [-0.25, -0.2) is 0 Å². The molecule has 0 aromatic carbocycles. The third-order valence-electron chi connectivity index (χ3n) is 5.01. The number of carboxylic acids is 3. The monoisotopic (exact) mass is 459 g/mol. The molecular formula is C19H33N5O8. The Kier molecular flexibility index (Phi) is 12.2. The van der Waals surface area contributed by atoms with E-state index in [4.69, 9.17) is 21.1 Å². The van der Waals surface area contributed by atoms with E-state index < -0.39 is 30.4 Å². The molecule has 1 rings (SSSR count). The van der Waals surface area contributed by atoms with Gasteiger partial charge in [-0.15, -0.1) is 0 Å². The molecule has 1 aliphatic rings. The van der Waals surface area contributed by atoms with Gasteiger partial charge in [0.15, 0.2) is 0 Å². The van der Waals surface area contributed by atoms with Gasteiger partial charge < -0.3 is 26.4 Å². The summed E-state index contributed by atoms with van der Waals surface area (Å²) in [5.74, 6) is -4.38. The molecule has 13 heteroatoms. The molecular weight excluding hydrogens is 426 g/mol. The fourth-order valence-corrected chi connectivity index (χ4v) is 3.60. The van der Waals surface area contributed by atoms with Crippen LogP contribution in [-0.4, -0.2) is 125 Å². The van der Waals surface area contributed by atoms with Crippen molar-refractivity contribution in [2.75, 3.05) is 58.9 Å². The van der Waals surface area contributed by atoms with Crippen molar-refractivity contribution in [3.63, 3.8) is 0 Å². The first-order valence-corrected chi connectivity index (χ1v) is 10.4. The van der Waals surface area contributed by atoms with E-state index in [1.807, 2.05) is 0 Å². The number of nitrogens with one attached hydrogen (secondary N) is 1. The Bertz CT molecular complexity index is 652. The van der Waals surface area contributed by atoms with E-state index in [0.717, 1.165) is 25.7 Å². The summed E-state index contributed by atoms with van der Waals surface area (Å²) in [5, 5.41) is 30.2. The van der Waals surface area contributed by atoms with Gasteiger partial charge in [0.1, 0.15) is 0 Å². The molecule has 0 heterocycles. The van der Waals surface area contributed by atoms with Crippen LogP contribution in [-0.2, 0) is 24.0 Å². The number of hydrogen-bond donors (Lipinski definition) is 5. The van der Waals surface area contributed by atoms with E-state index in [1.165, 1.54) is 14.7 Å². The predicted molar refractivity (Wildman–Crippen MR) is 112 cm³/mol. The molecule has 0 aliphatic heterocycles. The molecule has 13 nitrogen and oxygen atoms in total. The molecule has 0 aromatic heterocycles. The molecule has 0 aromatic rings. The maximum Gasteiger partial charge on any atom is 0.317 e. The Morgan fingerprint density at radius 2 is 1.09 bits per heavy atom. The molecule has 32 heavy (non-hydrogen) atoms. The van der Waals surface area contributed by atoms with Crippen LogP contribution in [0.5, 0.6) is 0 Å². The summed E-state index contributed by atoms with van der Waals surface area (Å²) < 4.78 is 0. The highest BCUT2D eigenvalue weighted by atomic mass is 16.4. The molecule has 6 N–H and O–H groups in total. The second-order valence-corrected chi connectivity index (χ2v) is 7.89. The number of aliphatic carboxylic acids is 3. The summed E-state index contributed by atoms with van der Waals surface area (Å²) in [5.41, 5.74) is 5.12. The quantitative estimate of drug-likeness (QED) is 0.157. The number of nitrogens with two attached hydrogens (primary N) is 1. The second-order valence-electron chi connectivity index (χ2n) is 7.89.